The van der Waals surface area contributed by atoms with E-state index in [1.54, 1.807) is 0 Å². The number of hydrogen-bond acceptors (Lipinski definition) is 1. The van der Waals surface area contributed by atoms with Crippen molar-refractivity contribution in [3.63, 3.8) is 0 Å². The van der Waals surface area contributed by atoms with Crippen molar-refractivity contribution in [3.8, 4) is 0 Å². The Morgan fingerprint density at radius 2 is 1.80 bits per heavy atom. The van der Waals surface area contributed by atoms with Crippen molar-refractivity contribution in [2.75, 3.05) is 0 Å². The molecule has 0 rings (SSSR count). The van der Waals surface area contributed by atoms with Gasteiger partial charge in [-0.05, 0) is 6.04 Å². The number of rotatable bonds is 5. The van der Waals surface area contributed by atoms with Gasteiger partial charge >= 0.3 is 6.94 Å². The van der Waals surface area contributed by atoms with Crippen molar-refractivity contribution in [3.05, 3.63) is 0 Å². The fourth-order valence-corrected chi connectivity index (χ4v) is 2.24. The van der Waals surface area contributed by atoms with Gasteiger partial charge in [0.2, 0.25) is 0 Å². The predicted octanol–water partition coefficient (Wildman–Crippen LogP) is 2.98. The molecular weight excluding hydrogens is 187 g/mol. The molecule has 0 aliphatic carbocycles. The number of hydrogen-bond donors (Lipinski definition) is 1. The molecule has 0 aliphatic heterocycles. The molecule has 0 aromatic rings. The van der Waals surface area contributed by atoms with Crippen LogP contribution in [0.25, 0.3) is 0 Å². The lowest BCUT2D eigenvalue weighted by Gasteiger charge is -2.06. The van der Waals surface area contributed by atoms with E-state index in [9.17, 15) is 0 Å². The van der Waals surface area contributed by atoms with Gasteiger partial charge in [-0.15, -0.1) is 22.2 Å². The van der Waals surface area contributed by atoms with Crippen LogP contribution in [0.5, 0.6) is 0 Å². The molecule has 0 aromatic heterocycles. The van der Waals surface area contributed by atoms with E-state index in [-0.39, 0.29) is 0 Å². The van der Waals surface area contributed by atoms with Crippen molar-refractivity contribution < 1.29 is 4.80 Å². The highest BCUT2D eigenvalue weighted by atomic mass is 35.7. The summed E-state index contributed by atoms with van der Waals surface area (Å²) < 4.78 is 0. The third-order valence-corrected chi connectivity index (χ3v) is 3.42. The lowest BCUT2D eigenvalue weighted by atomic mass is 10.2. The Morgan fingerprint density at radius 3 is 2.20 bits per heavy atom. The summed E-state index contributed by atoms with van der Waals surface area (Å²) in [6, 6.07) is 0.607. The largest absolute Gasteiger partial charge is 0.409 e. The van der Waals surface area contributed by atoms with Crippen molar-refractivity contribution in [2.24, 2.45) is 0 Å². The molecule has 0 fully saturated rings. The quantitative estimate of drug-likeness (QED) is 0.412. The molecular formula is C6H14Cl2OSi. The van der Waals surface area contributed by atoms with Gasteiger partial charge in [0.1, 0.15) is 0 Å². The van der Waals surface area contributed by atoms with Crippen LogP contribution in [-0.2, 0) is 0 Å². The predicted molar refractivity (Wildman–Crippen MR) is 48.6 cm³/mol. The van der Waals surface area contributed by atoms with E-state index in [0.717, 1.165) is 12.8 Å². The van der Waals surface area contributed by atoms with Gasteiger partial charge in [-0.3, -0.25) is 0 Å². The van der Waals surface area contributed by atoms with Gasteiger partial charge in [-0.2, -0.15) is 0 Å². The Balaban J connectivity index is 3.04. The van der Waals surface area contributed by atoms with Gasteiger partial charge in [0.25, 0.3) is 0 Å². The Hall–Kier alpha value is 0.757. The Bertz CT molecular complexity index is 82.3. The van der Waals surface area contributed by atoms with Crippen LogP contribution in [0.2, 0.25) is 6.04 Å². The van der Waals surface area contributed by atoms with Crippen molar-refractivity contribution in [1.82, 2.24) is 0 Å². The highest BCUT2D eigenvalue weighted by Crippen LogP contribution is 2.19. The summed E-state index contributed by atoms with van der Waals surface area (Å²) in [5.41, 5.74) is 0. The third-order valence-electron chi connectivity index (χ3n) is 1.33. The van der Waals surface area contributed by atoms with E-state index in [1.807, 2.05) is 0 Å². The second-order valence-corrected chi connectivity index (χ2v) is 8.64. The second-order valence-electron chi connectivity index (χ2n) is 2.48. The van der Waals surface area contributed by atoms with Crippen molar-refractivity contribution in [1.29, 1.82) is 0 Å². The van der Waals surface area contributed by atoms with E-state index in [1.165, 1.54) is 12.8 Å². The summed E-state index contributed by atoms with van der Waals surface area (Å²) >= 11 is 10.9. The first-order valence-electron chi connectivity index (χ1n) is 3.66. The molecule has 0 aromatic carbocycles. The van der Waals surface area contributed by atoms with Crippen LogP contribution in [0.1, 0.15) is 32.6 Å². The fraction of sp³-hybridized carbons (Fsp3) is 1.00. The zero-order valence-electron chi connectivity index (χ0n) is 6.24. The van der Waals surface area contributed by atoms with E-state index in [2.05, 4.69) is 6.92 Å². The standard InChI is InChI=1S/C6H14Cl2OSi/c1-2-3-4-5-6-10(7,8)9/h9H,2-6H2,1H3. The molecule has 0 heterocycles. The summed E-state index contributed by atoms with van der Waals surface area (Å²) in [6.45, 7) is -0.619. The molecule has 0 aliphatic rings. The van der Waals surface area contributed by atoms with E-state index >= 15 is 0 Å². The monoisotopic (exact) mass is 200 g/mol. The van der Waals surface area contributed by atoms with Crippen LogP contribution in [0.4, 0.5) is 0 Å². The second kappa shape index (κ2) is 5.41. The summed E-state index contributed by atoms with van der Waals surface area (Å²) in [6.07, 6.45) is 4.50. The van der Waals surface area contributed by atoms with Gasteiger partial charge in [-0.1, -0.05) is 32.6 Å². The first-order valence-corrected chi connectivity index (χ1v) is 7.84. The summed E-state index contributed by atoms with van der Waals surface area (Å²) in [5.74, 6) is 0. The highest BCUT2D eigenvalue weighted by molar-refractivity contribution is 7.41. The first kappa shape index (κ1) is 10.8. The van der Waals surface area contributed by atoms with Gasteiger partial charge < -0.3 is 4.80 Å². The van der Waals surface area contributed by atoms with E-state index in [0.29, 0.717) is 6.04 Å². The molecule has 1 nitrogen and oxygen atoms in total. The third kappa shape index (κ3) is 8.76. The zero-order chi connectivity index (χ0) is 8.04. The fourth-order valence-electron chi connectivity index (χ4n) is 0.764. The number of unbranched alkanes of at least 4 members (excludes halogenated alkanes) is 3. The molecule has 4 heteroatoms. The first-order chi connectivity index (χ1) is 4.56. The van der Waals surface area contributed by atoms with Crippen LogP contribution in [0, 0.1) is 0 Å². The molecule has 62 valence electrons. The van der Waals surface area contributed by atoms with Crippen LogP contribution in [0.15, 0.2) is 0 Å². The summed E-state index contributed by atoms with van der Waals surface area (Å²) in [7, 11) is 0. The van der Waals surface area contributed by atoms with Crippen molar-refractivity contribution >= 4 is 29.1 Å². The van der Waals surface area contributed by atoms with Gasteiger partial charge in [0.15, 0.2) is 0 Å². The molecule has 0 unspecified atom stereocenters. The molecule has 0 bridgehead atoms. The molecule has 0 saturated heterocycles. The molecule has 0 spiro atoms. The lowest BCUT2D eigenvalue weighted by Crippen LogP contribution is -2.17. The molecule has 1 N–H and O–H groups in total. The minimum Gasteiger partial charge on any atom is -0.409 e. The van der Waals surface area contributed by atoms with E-state index < -0.39 is 6.94 Å². The topological polar surface area (TPSA) is 20.2 Å². The maximum atomic E-state index is 8.99. The van der Waals surface area contributed by atoms with E-state index in [4.69, 9.17) is 27.0 Å². The SMILES string of the molecule is CCCCCC[Si](O)(Cl)Cl. The molecule has 0 atom stereocenters. The average molecular weight is 201 g/mol. The summed E-state index contributed by atoms with van der Waals surface area (Å²) in [4.78, 5) is 8.99. The summed E-state index contributed by atoms with van der Waals surface area (Å²) in [5, 5.41) is 0. The zero-order valence-corrected chi connectivity index (χ0v) is 8.75. The smallest absolute Gasteiger partial charge is 0.386 e. The maximum Gasteiger partial charge on any atom is 0.386 e. The number of halogens is 2. The van der Waals surface area contributed by atoms with Gasteiger partial charge in [0, 0.05) is 0 Å². The minimum absolute atomic E-state index is 0.607. The molecule has 0 radical (unpaired) electrons. The highest BCUT2D eigenvalue weighted by Gasteiger charge is 2.23. The van der Waals surface area contributed by atoms with Gasteiger partial charge in [-0.25, -0.2) is 0 Å². The molecule has 0 saturated carbocycles. The minimum atomic E-state index is -2.76. The van der Waals surface area contributed by atoms with Crippen molar-refractivity contribution in [2.45, 2.75) is 38.7 Å². The lowest BCUT2D eigenvalue weighted by molar-refractivity contribution is 0.571. The molecule has 10 heavy (non-hydrogen) atoms. The molecule has 0 amide bonds. The Labute approximate surface area is 72.9 Å². The normalized spacial score (nSPS) is 12.0. The Kier molecular flexibility index (Phi) is 5.82. The Morgan fingerprint density at radius 1 is 1.20 bits per heavy atom. The van der Waals surface area contributed by atoms with Crippen LogP contribution < -0.4 is 0 Å². The van der Waals surface area contributed by atoms with Crippen LogP contribution in [-0.4, -0.2) is 11.7 Å². The van der Waals surface area contributed by atoms with Gasteiger partial charge in [0.05, 0.1) is 0 Å². The maximum absolute atomic E-state index is 8.99. The van der Waals surface area contributed by atoms with Crippen LogP contribution in [0.3, 0.4) is 0 Å². The average Bonchev–Trinajstić information content (AvgIpc) is 1.78. The van der Waals surface area contributed by atoms with Crippen LogP contribution >= 0.6 is 22.2 Å².